The average Bonchev–Trinajstić information content (AvgIpc) is 2.34. The number of nitro groups is 1. The fourth-order valence-corrected chi connectivity index (χ4v) is 2.13. The molecule has 1 aliphatic rings. The Morgan fingerprint density at radius 1 is 1.42 bits per heavy atom. The van der Waals surface area contributed by atoms with E-state index in [4.69, 9.17) is 0 Å². The molecule has 19 heavy (non-hydrogen) atoms. The molecular weight excluding hydrogens is 246 g/mol. The first kappa shape index (κ1) is 13.5. The van der Waals surface area contributed by atoms with Crippen molar-refractivity contribution in [3.05, 3.63) is 16.4 Å². The van der Waals surface area contributed by atoms with Crippen LogP contribution >= 0.6 is 0 Å². The predicted molar refractivity (Wildman–Crippen MR) is 73.3 cm³/mol. The number of rotatable bonds is 6. The maximum absolute atomic E-state index is 11.2. The smallest absolute Gasteiger partial charge is 0.353 e. The third kappa shape index (κ3) is 2.91. The second kappa shape index (κ2) is 5.38. The minimum absolute atomic E-state index is 0.0657. The van der Waals surface area contributed by atoms with Crippen molar-refractivity contribution in [2.75, 3.05) is 17.2 Å². The molecule has 1 fully saturated rings. The molecule has 1 heterocycles. The lowest BCUT2D eigenvalue weighted by atomic mass is 9.78. The van der Waals surface area contributed by atoms with Gasteiger partial charge in [-0.05, 0) is 32.6 Å². The standard InChI is InChI=1S/C12H19N5O2/c1-3-7-13-10-9(17(18)19)11(15-8-14-10)16-12(2)5-4-6-12/h8H,3-7H2,1-2H3,(H2,13,14,15,16). The molecule has 2 N–H and O–H groups in total. The van der Waals surface area contributed by atoms with E-state index < -0.39 is 4.92 Å². The van der Waals surface area contributed by atoms with Crippen molar-refractivity contribution in [3.63, 3.8) is 0 Å². The van der Waals surface area contributed by atoms with Crippen molar-refractivity contribution in [2.24, 2.45) is 0 Å². The normalized spacial score (nSPS) is 16.5. The Morgan fingerprint density at radius 2 is 2.11 bits per heavy atom. The number of nitrogens with one attached hydrogen (secondary N) is 2. The highest BCUT2D eigenvalue weighted by molar-refractivity contribution is 5.69. The topological polar surface area (TPSA) is 93.0 Å². The second-order valence-electron chi connectivity index (χ2n) is 5.14. The predicted octanol–water partition coefficient (Wildman–Crippen LogP) is 2.56. The Morgan fingerprint density at radius 3 is 2.63 bits per heavy atom. The molecule has 0 amide bonds. The molecule has 0 aliphatic heterocycles. The monoisotopic (exact) mass is 265 g/mol. The molecular formula is C12H19N5O2. The van der Waals surface area contributed by atoms with Gasteiger partial charge in [0.05, 0.1) is 4.92 Å². The van der Waals surface area contributed by atoms with Gasteiger partial charge in [0.2, 0.25) is 11.6 Å². The van der Waals surface area contributed by atoms with Gasteiger partial charge in [-0.3, -0.25) is 10.1 Å². The van der Waals surface area contributed by atoms with Crippen LogP contribution < -0.4 is 10.6 Å². The van der Waals surface area contributed by atoms with Gasteiger partial charge in [-0.2, -0.15) is 0 Å². The molecule has 0 radical (unpaired) electrons. The van der Waals surface area contributed by atoms with Crippen molar-refractivity contribution in [1.29, 1.82) is 0 Å². The third-order valence-electron chi connectivity index (χ3n) is 3.42. The van der Waals surface area contributed by atoms with Crippen LogP contribution in [0.25, 0.3) is 0 Å². The molecule has 1 saturated carbocycles. The molecule has 7 heteroatoms. The lowest BCUT2D eigenvalue weighted by Gasteiger charge is -2.39. The van der Waals surface area contributed by atoms with Crippen LogP contribution in [0.4, 0.5) is 17.3 Å². The zero-order valence-electron chi connectivity index (χ0n) is 11.3. The minimum atomic E-state index is -0.428. The van der Waals surface area contributed by atoms with E-state index in [9.17, 15) is 10.1 Å². The summed E-state index contributed by atoms with van der Waals surface area (Å²) in [6, 6.07) is 0. The van der Waals surface area contributed by atoms with Gasteiger partial charge in [-0.25, -0.2) is 9.97 Å². The highest BCUT2D eigenvalue weighted by Gasteiger charge is 2.35. The summed E-state index contributed by atoms with van der Waals surface area (Å²) < 4.78 is 0. The lowest BCUT2D eigenvalue weighted by molar-refractivity contribution is -0.383. The summed E-state index contributed by atoms with van der Waals surface area (Å²) in [5, 5.41) is 17.4. The molecule has 0 unspecified atom stereocenters. The molecule has 7 nitrogen and oxygen atoms in total. The van der Waals surface area contributed by atoms with Crippen LogP contribution in [0.15, 0.2) is 6.33 Å². The summed E-state index contributed by atoms with van der Waals surface area (Å²) in [6.45, 7) is 4.70. The van der Waals surface area contributed by atoms with Crippen molar-refractivity contribution in [1.82, 2.24) is 9.97 Å². The molecule has 1 aliphatic carbocycles. The summed E-state index contributed by atoms with van der Waals surface area (Å²) >= 11 is 0. The van der Waals surface area contributed by atoms with Gasteiger partial charge < -0.3 is 10.6 Å². The highest BCUT2D eigenvalue weighted by atomic mass is 16.6. The maximum atomic E-state index is 11.2. The molecule has 0 saturated heterocycles. The number of hydrogen-bond donors (Lipinski definition) is 2. The molecule has 0 atom stereocenters. The van der Waals surface area contributed by atoms with E-state index in [1.807, 2.05) is 6.92 Å². The highest BCUT2D eigenvalue weighted by Crippen LogP contribution is 2.38. The van der Waals surface area contributed by atoms with Crippen LogP contribution in [-0.2, 0) is 0 Å². The molecule has 1 aromatic rings. The Labute approximate surface area is 112 Å². The summed E-state index contributed by atoms with van der Waals surface area (Å²) in [5.74, 6) is 0.591. The Balaban J connectivity index is 2.28. The van der Waals surface area contributed by atoms with Crippen LogP contribution in [-0.4, -0.2) is 27.0 Å². The van der Waals surface area contributed by atoms with Gasteiger partial charge >= 0.3 is 5.69 Å². The fraction of sp³-hybridized carbons (Fsp3) is 0.667. The van der Waals surface area contributed by atoms with E-state index in [1.54, 1.807) is 0 Å². The van der Waals surface area contributed by atoms with Gasteiger partial charge in [0.15, 0.2) is 0 Å². The van der Waals surface area contributed by atoms with E-state index in [0.29, 0.717) is 12.4 Å². The molecule has 1 aromatic heterocycles. The number of nitrogens with zero attached hydrogens (tertiary/aromatic N) is 3. The van der Waals surface area contributed by atoms with E-state index in [2.05, 4.69) is 27.5 Å². The van der Waals surface area contributed by atoms with Gasteiger partial charge in [-0.15, -0.1) is 0 Å². The fourth-order valence-electron chi connectivity index (χ4n) is 2.13. The largest absolute Gasteiger partial charge is 0.364 e. The van der Waals surface area contributed by atoms with Crippen LogP contribution in [0.3, 0.4) is 0 Å². The SMILES string of the molecule is CCCNc1ncnc(NC2(C)CCC2)c1[N+](=O)[O-]. The van der Waals surface area contributed by atoms with Crippen LogP contribution in [0, 0.1) is 10.1 Å². The first-order valence-corrected chi connectivity index (χ1v) is 6.57. The molecule has 2 rings (SSSR count). The first-order chi connectivity index (χ1) is 9.06. The van der Waals surface area contributed by atoms with E-state index >= 15 is 0 Å². The summed E-state index contributed by atoms with van der Waals surface area (Å²) in [7, 11) is 0. The molecule has 0 spiro atoms. The van der Waals surface area contributed by atoms with Gasteiger partial charge in [0.25, 0.3) is 0 Å². The summed E-state index contributed by atoms with van der Waals surface area (Å²) in [4.78, 5) is 18.8. The van der Waals surface area contributed by atoms with Gasteiger partial charge in [0, 0.05) is 12.1 Å². The Kier molecular flexibility index (Phi) is 3.82. The lowest BCUT2D eigenvalue weighted by Crippen LogP contribution is -2.42. The zero-order valence-corrected chi connectivity index (χ0v) is 11.3. The summed E-state index contributed by atoms with van der Waals surface area (Å²) in [6.07, 6.45) is 5.39. The average molecular weight is 265 g/mol. The quantitative estimate of drug-likeness (QED) is 0.606. The van der Waals surface area contributed by atoms with Crippen molar-refractivity contribution in [3.8, 4) is 0 Å². The van der Waals surface area contributed by atoms with Crippen molar-refractivity contribution in [2.45, 2.75) is 45.1 Å². The number of aromatic nitrogens is 2. The number of anilines is 2. The second-order valence-corrected chi connectivity index (χ2v) is 5.14. The minimum Gasteiger partial charge on any atom is -0.364 e. The molecule has 0 aromatic carbocycles. The molecule has 104 valence electrons. The zero-order chi connectivity index (χ0) is 13.9. The van der Waals surface area contributed by atoms with E-state index in [0.717, 1.165) is 25.7 Å². The van der Waals surface area contributed by atoms with Crippen LogP contribution in [0.2, 0.25) is 0 Å². The van der Waals surface area contributed by atoms with Gasteiger partial charge in [0.1, 0.15) is 6.33 Å². The van der Waals surface area contributed by atoms with E-state index in [1.165, 1.54) is 6.33 Å². The van der Waals surface area contributed by atoms with Crippen LogP contribution in [0.1, 0.15) is 39.5 Å². The van der Waals surface area contributed by atoms with Gasteiger partial charge in [-0.1, -0.05) is 6.92 Å². The van der Waals surface area contributed by atoms with Crippen molar-refractivity contribution >= 4 is 17.3 Å². The Bertz CT molecular complexity index is 473. The van der Waals surface area contributed by atoms with E-state index in [-0.39, 0.29) is 17.0 Å². The number of hydrogen-bond acceptors (Lipinski definition) is 6. The van der Waals surface area contributed by atoms with Crippen LogP contribution in [0.5, 0.6) is 0 Å². The summed E-state index contributed by atoms with van der Waals surface area (Å²) in [5.41, 5.74) is -0.148. The maximum Gasteiger partial charge on any atom is 0.353 e. The van der Waals surface area contributed by atoms with Crippen molar-refractivity contribution < 1.29 is 4.92 Å². The Hall–Kier alpha value is -1.92. The third-order valence-corrected chi connectivity index (χ3v) is 3.42. The molecule has 0 bridgehead atoms. The first-order valence-electron chi connectivity index (χ1n) is 6.57.